The van der Waals surface area contributed by atoms with Crippen LogP contribution in [0.5, 0.6) is 0 Å². The van der Waals surface area contributed by atoms with E-state index in [1.54, 1.807) is 0 Å². The third kappa shape index (κ3) is 16.4. The SMILES string of the molecule is CC1(C)c2ccccc2-c2ccc(N(c3ccc(-c4ccc5ccccc5c4)cc3)c3cc(-c4ccccc4)cc4c3sc3ccccc34)cc21.CC1(C)c2ccccc2-c2ccc(N(c3ccc(-c4cccc5ccccc45)cc3)c3cc(-c4ccccc4)cc4c3sc3ccccc34)cc21.c1ccc(-c2ccc(N(c3ccc(-c4ccccc4)cc3)c3cc(-c4ccc5ccccc5c4)cc4c3sc3ccccc34)cc2)cc1. The molecule has 0 unspecified atom stereocenters. The number of hydrogen-bond donors (Lipinski definition) is 0. The van der Waals surface area contributed by atoms with Gasteiger partial charge in [0, 0.05) is 91.4 Å². The van der Waals surface area contributed by atoms with Gasteiger partial charge in [0.2, 0.25) is 0 Å². The molecule has 3 aromatic heterocycles. The Bertz CT molecular complexity index is 9780. The Morgan fingerprint density at radius 2 is 0.407 bits per heavy atom. The van der Waals surface area contributed by atoms with Crippen LogP contribution in [0.4, 0.5) is 51.2 Å². The van der Waals surface area contributed by atoms with Crippen LogP contribution in [-0.4, -0.2) is 0 Å². The van der Waals surface area contributed by atoms with Gasteiger partial charge in [-0.15, -0.1) is 34.0 Å². The third-order valence-corrected chi connectivity index (χ3v) is 34.6. The minimum absolute atomic E-state index is 0.105. The lowest BCUT2D eigenvalue weighted by atomic mass is 9.82. The van der Waals surface area contributed by atoms with Crippen molar-refractivity contribution in [2.45, 2.75) is 38.5 Å². The Balaban J connectivity index is 0.000000111. The van der Waals surface area contributed by atoms with Gasteiger partial charge in [0.25, 0.3) is 0 Å². The average Bonchev–Trinajstić information content (AvgIpc) is 1.57. The van der Waals surface area contributed by atoms with E-state index in [2.05, 4.69) is 582 Å². The van der Waals surface area contributed by atoms with Crippen molar-refractivity contribution in [2.75, 3.05) is 14.7 Å². The third-order valence-electron chi connectivity index (χ3n) is 30.9. The largest absolute Gasteiger partial charge is 0.309 e. The van der Waals surface area contributed by atoms with Gasteiger partial charge in [0.05, 0.1) is 31.2 Å². The lowest BCUT2D eigenvalue weighted by molar-refractivity contribution is 0.660. The van der Waals surface area contributed by atoms with Gasteiger partial charge in [0.1, 0.15) is 0 Å². The fourth-order valence-corrected chi connectivity index (χ4v) is 26.9. The van der Waals surface area contributed by atoms with Crippen molar-refractivity contribution in [3.63, 3.8) is 0 Å². The van der Waals surface area contributed by atoms with Crippen LogP contribution in [-0.2, 0) is 10.8 Å². The molecule has 0 radical (unpaired) electrons. The number of nitrogens with zero attached hydrogens (tertiary/aromatic N) is 3. The number of rotatable bonds is 16. The molecular formula is C144H101N3S3. The molecule has 0 amide bonds. The van der Waals surface area contributed by atoms with E-state index in [9.17, 15) is 0 Å². The van der Waals surface area contributed by atoms with Crippen molar-refractivity contribution in [1.82, 2.24) is 0 Å². The molecule has 3 heterocycles. The molecule has 0 spiro atoms. The standard InChI is InChI=1S/2C49H35NS.C46H31NS/c1-49(2)44-21-10-8-18-40(44)41-28-27-37(31-45(41)49)50(36-25-23-34(24-26-36)39-20-12-16-33-15-6-7-17-38(33)39)46-30-35(32-13-4-3-5-14-32)29-43-42-19-9-11-22-47(42)51-48(43)46;1-49(2)44-18-10-8-16-40(44)41-27-26-39(31-45(41)49)50(38-24-22-34(23-25-38)36-21-20-33-14-6-7-15-35(33)28-36)46-30-37(32-12-4-3-5-13-32)29-43-42-17-9-11-19-47(42)51-48(43)46;1-3-11-32(12-4-1)35-21-25-40(26-22-35)47(41-27-23-36(24-28-41)33-13-5-2-6-14-33)44-31-39(38-20-19-34-15-7-8-16-37(34)29-38)30-43-42-17-9-10-18-45(42)48-46(43)44/h2*3-31H,1-2H3;1-31H. The van der Waals surface area contributed by atoms with Gasteiger partial charge in [-0.1, -0.05) is 428 Å². The Morgan fingerprint density at radius 3 is 0.800 bits per heavy atom. The van der Waals surface area contributed by atoms with Gasteiger partial charge >= 0.3 is 0 Å². The molecule has 0 bridgehead atoms. The molecule has 0 atom stereocenters. The monoisotopic (exact) mass is 1970 g/mol. The van der Waals surface area contributed by atoms with Gasteiger partial charge < -0.3 is 14.7 Å². The topological polar surface area (TPSA) is 9.72 Å². The highest BCUT2D eigenvalue weighted by Crippen LogP contribution is 2.58. The second kappa shape index (κ2) is 37.9. The molecular weight excluding hydrogens is 1870 g/mol. The summed E-state index contributed by atoms with van der Waals surface area (Å²) in [5, 5.41) is 15.3. The molecule has 150 heavy (non-hydrogen) atoms. The molecule has 3 nitrogen and oxygen atoms in total. The second-order valence-corrected chi connectivity index (χ2v) is 43.7. The minimum atomic E-state index is -0.106. The van der Waals surface area contributed by atoms with E-state index < -0.39 is 0 Å². The lowest BCUT2D eigenvalue weighted by Gasteiger charge is -2.29. The number of fused-ring (bicyclic) bond motifs is 18. The first-order valence-electron chi connectivity index (χ1n) is 51.7. The van der Waals surface area contributed by atoms with E-state index in [1.807, 2.05) is 34.0 Å². The summed E-state index contributed by atoms with van der Waals surface area (Å²) in [4.78, 5) is 7.43. The molecule has 2 aliphatic rings. The maximum atomic E-state index is 2.50. The van der Waals surface area contributed by atoms with E-state index in [4.69, 9.17) is 0 Å². The summed E-state index contributed by atoms with van der Waals surface area (Å²) >= 11 is 5.64. The maximum absolute atomic E-state index is 2.50. The fourth-order valence-electron chi connectivity index (χ4n) is 23.3. The van der Waals surface area contributed by atoms with E-state index in [0.29, 0.717) is 0 Å². The molecule has 710 valence electrons. The van der Waals surface area contributed by atoms with Crippen LogP contribution < -0.4 is 14.7 Å². The molecule has 27 aromatic rings. The van der Waals surface area contributed by atoms with Crippen molar-refractivity contribution in [2.24, 2.45) is 0 Å². The molecule has 0 aliphatic heterocycles. The second-order valence-electron chi connectivity index (χ2n) is 40.5. The highest BCUT2D eigenvalue weighted by molar-refractivity contribution is 7.27. The average molecular weight is 1970 g/mol. The summed E-state index contributed by atoms with van der Waals surface area (Å²) in [5.41, 5.74) is 38.1. The van der Waals surface area contributed by atoms with Gasteiger partial charge in [-0.3, -0.25) is 0 Å². The lowest BCUT2D eigenvalue weighted by Crippen LogP contribution is -2.16. The van der Waals surface area contributed by atoms with Gasteiger partial charge in [-0.25, -0.2) is 0 Å². The summed E-state index contributed by atoms with van der Waals surface area (Å²) in [6.07, 6.45) is 0. The van der Waals surface area contributed by atoms with Crippen LogP contribution in [0.15, 0.2) is 540 Å². The predicted octanol–water partition coefficient (Wildman–Crippen LogP) is 42.3. The Labute approximate surface area is 886 Å². The molecule has 2 aliphatic carbocycles. The van der Waals surface area contributed by atoms with Crippen molar-refractivity contribution in [1.29, 1.82) is 0 Å². The van der Waals surface area contributed by atoms with Gasteiger partial charge in [0.15, 0.2) is 0 Å². The molecule has 29 rings (SSSR count). The Morgan fingerprint density at radius 1 is 0.147 bits per heavy atom. The zero-order valence-corrected chi connectivity index (χ0v) is 85.9. The summed E-state index contributed by atoms with van der Waals surface area (Å²) in [6.45, 7) is 9.46. The molecule has 0 saturated carbocycles. The summed E-state index contributed by atoms with van der Waals surface area (Å²) in [5.74, 6) is 0. The highest BCUT2D eigenvalue weighted by atomic mass is 32.1. The number of anilines is 9. The summed E-state index contributed by atoms with van der Waals surface area (Å²) in [6, 6.07) is 198. The first kappa shape index (κ1) is 90.9. The zero-order valence-electron chi connectivity index (χ0n) is 83.5. The number of thiophene rings is 3. The van der Waals surface area contributed by atoms with Crippen LogP contribution >= 0.6 is 34.0 Å². The number of hydrogen-bond acceptors (Lipinski definition) is 6. The summed E-state index contributed by atoms with van der Waals surface area (Å²) in [7, 11) is 0. The van der Waals surface area contributed by atoms with Crippen LogP contribution in [0.3, 0.4) is 0 Å². The van der Waals surface area contributed by atoms with Crippen molar-refractivity contribution < 1.29 is 0 Å². The van der Waals surface area contributed by atoms with E-state index >= 15 is 0 Å². The maximum Gasteiger partial charge on any atom is 0.0646 e. The fraction of sp³-hybridized carbons (Fsp3) is 0.0417. The van der Waals surface area contributed by atoms with Crippen molar-refractivity contribution >= 4 is 178 Å². The molecule has 6 heteroatoms. The number of benzene rings is 24. The van der Waals surface area contributed by atoms with Gasteiger partial charge in [-0.2, -0.15) is 0 Å². The zero-order chi connectivity index (χ0) is 100. The van der Waals surface area contributed by atoms with Crippen LogP contribution in [0.1, 0.15) is 49.9 Å². The van der Waals surface area contributed by atoms with E-state index in [1.165, 1.54) is 232 Å². The molecule has 0 saturated heterocycles. The molecule has 24 aromatic carbocycles. The smallest absolute Gasteiger partial charge is 0.0646 e. The van der Waals surface area contributed by atoms with Crippen LogP contribution in [0.2, 0.25) is 0 Å². The summed E-state index contributed by atoms with van der Waals surface area (Å²) < 4.78 is 7.75. The van der Waals surface area contributed by atoms with Crippen molar-refractivity contribution in [3.8, 4) is 100 Å². The van der Waals surface area contributed by atoms with E-state index in [0.717, 1.165) is 34.1 Å². The molecule has 0 N–H and O–H groups in total. The highest BCUT2D eigenvalue weighted by Gasteiger charge is 2.39. The van der Waals surface area contributed by atoms with Crippen molar-refractivity contribution in [3.05, 3.63) is 562 Å². The quantitative estimate of drug-likeness (QED) is 0.0955. The molecule has 0 fully saturated rings. The Kier molecular flexibility index (Phi) is 22.9. The first-order valence-corrected chi connectivity index (χ1v) is 54.1. The van der Waals surface area contributed by atoms with Crippen LogP contribution in [0, 0.1) is 0 Å². The van der Waals surface area contributed by atoms with E-state index in [-0.39, 0.29) is 10.8 Å². The normalized spacial score (nSPS) is 12.5. The minimum Gasteiger partial charge on any atom is -0.309 e. The van der Waals surface area contributed by atoms with Crippen LogP contribution in [0.25, 0.3) is 193 Å². The Hall–Kier alpha value is -17.9. The van der Waals surface area contributed by atoms with Gasteiger partial charge in [-0.05, 0) is 294 Å². The first-order chi connectivity index (χ1) is 73.8. The predicted molar refractivity (Wildman–Crippen MR) is 648 cm³/mol.